The summed E-state index contributed by atoms with van der Waals surface area (Å²) in [5.41, 5.74) is 0.689. The standard InChI is InChI=1S/C18H25FN2O2/c1-23-13-18(8-10-20-11-9-18)16(22)21-12-17(6-7-17)14-2-4-15(19)5-3-14/h2-5,20H,6-13H2,1H3,(H,21,22). The van der Waals surface area contributed by atoms with Crippen molar-refractivity contribution in [3.05, 3.63) is 35.6 Å². The van der Waals surface area contributed by atoms with Crippen LogP contribution >= 0.6 is 0 Å². The second-order valence-electron chi connectivity index (χ2n) is 6.93. The van der Waals surface area contributed by atoms with E-state index in [2.05, 4.69) is 10.6 Å². The van der Waals surface area contributed by atoms with Crippen LogP contribution in [-0.4, -0.2) is 39.3 Å². The summed E-state index contributed by atoms with van der Waals surface area (Å²) in [5, 5.41) is 6.45. The Morgan fingerprint density at radius 3 is 2.43 bits per heavy atom. The molecule has 0 aromatic heterocycles. The highest BCUT2D eigenvalue weighted by atomic mass is 19.1. The van der Waals surface area contributed by atoms with Gasteiger partial charge in [0.15, 0.2) is 0 Å². The summed E-state index contributed by atoms with van der Waals surface area (Å²) in [4.78, 5) is 12.8. The molecule has 0 radical (unpaired) electrons. The van der Waals surface area contributed by atoms with Gasteiger partial charge in [-0.1, -0.05) is 12.1 Å². The maximum atomic E-state index is 13.1. The molecule has 23 heavy (non-hydrogen) atoms. The van der Waals surface area contributed by atoms with Crippen molar-refractivity contribution in [3.63, 3.8) is 0 Å². The molecule has 1 amide bonds. The van der Waals surface area contributed by atoms with E-state index in [-0.39, 0.29) is 17.1 Å². The van der Waals surface area contributed by atoms with Gasteiger partial charge in [0.05, 0.1) is 12.0 Å². The summed E-state index contributed by atoms with van der Waals surface area (Å²) in [6.07, 6.45) is 3.68. The molecule has 0 atom stereocenters. The van der Waals surface area contributed by atoms with E-state index in [0.29, 0.717) is 13.2 Å². The SMILES string of the molecule is COCC1(C(=O)NCC2(c3ccc(F)cc3)CC2)CCNCC1. The average molecular weight is 320 g/mol. The van der Waals surface area contributed by atoms with Gasteiger partial charge in [-0.25, -0.2) is 4.39 Å². The van der Waals surface area contributed by atoms with Crippen molar-refractivity contribution in [2.75, 3.05) is 33.4 Å². The van der Waals surface area contributed by atoms with Crippen LogP contribution in [0.5, 0.6) is 0 Å². The summed E-state index contributed by atoms with van der Waals surface area (Å²) >= 11 is 0. The zero-order chi connectivity index (χ0) is 16.3. The van der Waals surface area contributed by atoms with Crippen molar-refractivity contribution >= 4 is 5.91 Å². The molecule has 1 aliphatic heterocycles. The minimum absolute atomic E-state index is 0.00939. The van der Waals surface area contributed by atoms with Crippen LogP contribution in [0.3, 0.4) is 0 Å². The third-order valence-corrected chi connectivity index (χ3v) is 5.36. The number of ether oxygens (including phenoxy) is 1. The zero-order valence-electron chi connectivity index (χ0n) is 13.7. The van der Waals surface area contributed by atoms with Crippen LogP contribution in [0, 0.1) is 11.2 Å². The predicted molar refractivity (Wildman–Crippen MR) is 86.7 cm³/mol. The summed E-state index contributed by atoms with van der Waals surface area (Å²) in [7, 11) is 1.65. The third-order valence-electron chi connectivity index (χ3n) is 5.36. The second-order valence-corrected chi connectivity index (χ2v) is 6.93. The molecule has 4 nitrogen and oxygen atoms in total. The molecular formula is C18H25FN2O2. The second kappa shape index (κ2) is 6.57. The van der Waals surface area contributed by atoms with E-state index in [9.17, 15) is 9.18 Å². The number of hydrogen-bond acceptors (Lipinski definition) is 3. The Balaban J connectivity index is 1.64. The number of methoxy groups -OCH3 is 1. The van der Waals surface area contributed by atoms with Crippen LogP contribution in [0.15, 0.2) is 24.3 Å². The van der Waals surface area contributed by atoms with E-state index in [1.807, 2.05) is 12.1 Å². The molecule has 1 aromatic rings. The molecule has 0 bridgehead atoms. The number of benzene rings is 1. The average Bonchev–Trinajstić information content (AvgIpc) is 3.35. The fourth-order valence-electron chi connectivity index (χ4n) is 3.58. The van der Waals surface area contributed by atoms with Gasteiger partial charge in [-0.15, -0.1) is 0 Å². The fourth-order valence-corrected chi connectivity index (χ4v) is 3.58. The van der Waals surface area contributed by atoms with E-state index in [1.54, 1.807) is 7.11 Å². The number of halogens is 1. The van der Waals surface area contributed by atoms with Crippen LogP contribution < -0.4 is 10.6 Å². The minimum Gasteiger partial charge on any atom is -0.384 e. The van der Waals surface area contributed by atoms with Gasteiger partial charge in [0.25, 0.3) is 0 Å². The third kappa shape index (κ3) is 3.40. The summed E-state index contributed by atoms with van der Waals surface area (Å²) in [6.45, 7) is 2.78. The highest BCUT2D eigenvalue weighted by molar-refractivity contribution is 5.83. The quantitative estimate of drug-likeness (QED) is 0.843. The Kier molecular flexibility index (Phi) is 4.69. The number of rotatable bonds is 6. The molecule has 1 heterocycles. The summed E-state index contributed by atoms with van der Waals surface area (Å²) < 4.78 is 18.4. The minimum atomic E-state index is -0.418. The lowest BCUT2D eigenvalue weighted by molar-refractivity contribution is -0.136. The molecular weight excluding hydrogens is 295 g/mol. The molecule has 126 valence electrons. The molecule has 1 aliphatic carbocycles. The maximum Gasteiger partial charge on any atom is 0.228 e. The smallest absolute Gasteiger partial charge is 0.228 e. The van der Waals surface area contributed by atoms with Crippen molar-refractivity contribution in [1.82, 2.24) is 10.6 Å². The molecule has 2 fully saturated rings. The van der Waals surface area contributed by atoms with Gasteiger partial charge in [0.1, 0.15) is 5.82 Å². The van der Waals surface area contributed by atoms with Crippen LogP contribution in [0.2, 0.25) is 0 Å². The Bertz CT molecular complexity index is 543. The first-order valence-electron chi connectivity index (χ1n) is 8.34. The Hall–Kier alpha value is -1.46. The van der Waals surface area contributed by atoms with Gasteiger partial charge in [0.2, 0.25) is 5.91 Å². The highest BCUT2D eigenvalue weighted by Gasteiger charge is 2.46. The van der Waals surface area contributed by atoms with E-state index in [4.69, 9.17) is 4.74 Å². The van der Waals surface area contributed by atoms with E-state index in [1.165, 1.54) is 12.1 Å². The molecule has 1 saturated carbocycles. The van der Waals surface area contributed by atoms with Gasteiger partial charge < -0.3 is 15.4 Å². The van der Waals surface area contributed by atoms with Gasteiger partial charge in [0, 0.05) is 19.1 Å². The first-order valence-corrected chi connectivity index (χ1v) is 8.34. The van der Waals surface area contributed by atoms with Crippen molar-refractivity contribution in [3.8, 4) is 0 Å². The number of hydrogen-bond donors (Lipinski definition) is 2. The monoisotopic (exact) mass is 320 g/mol. The Labute approximate surface area is 136 Å². The van der Waals surface area contributed by atoms with E-state index >= 15 is 0 Å². The first-order chi connectivity index (χ1) is 11.1. The lowest BCUT2D eigenvalue weighted by Crippen LogP contribution is -2.51. The number of amides is 1. The molecule has 3 rings (SSSR count). The largest absolute Gasteiger partial charge is 0.384 e. The van der Waals surface area contributed by atoms with Crippen LogP contribution in [-0.2, 0) is 14.9 Å². The van der Waals surface area contributed by atoms with Crippen LogP contribution in [0.25, 0.3) is 0 Å². The predicted octanol–water partition coefficient (Wildman–Crippen LogP) is 1.99. The number of nitrogens with one attached hydrogen (secondary N) is 2. The van der Waals surface area contributed by atoms with Crippen molar-refractivity contribution < 1.29 is 13.9 Å². The van der Waals surface area contributed by atoms with Crippen molar-refractivity contribution in [2.45, 2.75) is 31.1 Å². The van der Waals surface area contributed by atoms with Gasteiger partial charge in [-0.2, -0.15) is 0 Å². The van der Waals surface area contributed by atoms with Gasteiger partial charge in [-0.05, 0) is 56.5 Å². The molecule has 0 spiro atoms. The molecule has 2 N–H and O–H groups in total. The maximum absolute atomic E-state index is 13.1. The summed E-state index contributed by atoms with van der Waals surface area (Å²) in [5.74, 6) is -0.128. The molecule has 0 unspecified atom stereocenters. The lowest BCUT2D eigenvalue weighted by Gasteiger charge is -2.36. The van der Waals surface area contributed by atoms with E-state index < -0.39 is 5.41 Å². The highest BCUT2D eigenvalue weighted by Crippen LogP contribution is 2.47. The van der Waals surface area contributed by atoms with Crippen LogP contribution in [0.4, 0.5) is 4.39 Å². The Morgan fingerprint density at radius 1 is 1.22 bits per heavy atom. The molecule has 5 heteroatoms. The normalized spacial score (nSPS) is 21.7. The van der Waals surface area contributed by atoms with Crippen LogP contribution in [0.1, 0.15) is 31.2 Å². The number of carbonyl (C=O) groups is 1. The lowest BCUT2D eigenvalue weighted by atomic mass is 9.78. The molecule has 1 saturated heterocycles. The van der Waals surface area contributed by atoms with E-state index in [0.717, 1.165) is 44.3 Å². The fraction of sp³-hybridized carbons (Fsp3) is 0.611. The van der Waals surface area contributed by atoms with Gasteiger partial charge in [-0.3, -0.25) is 4.79 Å². The molecule has 2 aliphatic rings. The van der Waals surface area contributed by atoms with Crippen molar-refractivity contribution in [2.24, 2.45) is 5.41 Å². The van der Waals surface area contributed by atoms with Gasteiger partial charge >= 0.3 is 0 Å². The molecule has 1 aromatic carbocycles. The first kappa shape index (κ1) is 16.4. The topological polar surface area (TPSA) is 50.4 Å². The number of carbonyl (C=O) groups excluding carboxylic acids is 1. The summed E-state index contributed by atoms with van der Waals surface area (Å²) in [6, 6.07) is 6.67. The zero-order valence-corrected chi connectivity index (χ0v) is 13.7. The number of piperidine rings is 1. The Morgan fingerprint density at radius 2 is 1.87 bits per heavy atom. The van der Waals surface area contributed by atoms with Crippen molar-refractivity contribution in [1.29, 1.82) is 0 Å².